The minimum Gasteiger partial charge on any atom is -0.247 e. The van der Waals surface area contributed by atoms with E-state index in [1.807, 2.05) is 30.3 Å². The minimum absolute atomic E-state index is 0.0627. The van der Waals surface area contributed by atoms with Gasteiger partial charge < -0.3 is 0 Å². The maximum Gasteiger partial charge on any atom is 0.350 e. The highest BCUT2D eigenvalue weighted by Gasteiger charge is 2.33. The van der Waals surface area contributed by atoms with Crippen LogP contribution in [0.1, 0.15) is 38.4 Å². The predicted octanol–water partition coefficient (Wildman–Crippen LogP) is 1.49. The molecule has 0 unspecified atom stereocenters. The fourth-order valence-electron chi connectivity index (χ4n) is 3.23. The molecular formula is C17H24N4O3S. The summed E-state index contributed by atoms with van der Waals surface area (Å²) >= 11 is 0. The van der Waals surface area contributed by atoms with Gasteiger partial charge in [-0.3, -0.25) is 0 Å². The Hall–Kier alpha value is -1.93. The summed E-state index contributed by atoms with van der Waals surface area (Å²) in [4.78, 5) is 12.5. The average molecular weight is 364 g/mol. The van der Waals surface area contributed by atoms with Gasteiger partial charge in [-0.05, 0) is 38.8 Å². The quantitative estimate of drug-likeness (QED) is 0.823. The van der Waals surface area contributed by atoms with Gasteiger partial charge in [-0.15, -0.1) is 0 Å². The predicted molar refractivity (Wildman–Crippen MR) is 96.4 cm³/mol. The molecule has 0 saturated carbocycles. The van der Waals surface area contributed by atoms with Crippen molar-refractivity contribution in [2.45, 2.75) is 37.9 Å². The van der Waals surface area contributed by atoms with Gasteiger partial charge in [-0.25, -0.2) is 26.8 Å². The first-order chi connectivity index (χ1) is 11.8. The molecule has 7 nitrogen and oxygen atoms in total. The zero-order valence-electron chi connectivity index (χ0n) is 14.8. The van der Waals surface area contributed by atoms with Crippen molar-refractivity contribution in [2.24, 2.45) is 7.05 Å². The van der Waals surface area contributed by atoms with Gasteiger partial charge in [-0.2, -0.15) is 5.10 Å². The number of aryl methyl sites for hydroxylation is 1. The topological polar surface area (TPSA) is 77.2 Å². The fourth-order valence-corrected chi connectivity index (χ4v) is 4.55. The third-order valence-electron chi connectivity index (χ3n) is 4.74. The van der Waals surface area contributed by atoms with Gasteiger partial charge in [-0.1, -0.05) is 18.2 Å². The van der Waals surface area contributed by atoms with E-state index >= 15 is 0 Å². The molecule has 0 atom stereocenters. The largest absolute Gasteiger partial charge is 0.350 e. The van der Waals surface area contributed by atoms with E-state index in [1.54, 1.807) is 29.8 Å². The van der Waals surface area contributed by atoms with Crippen molar-refractivity contribution in [1.82, 2.24) is 18.7 Å². The highest BCUT2D eigenvalue weighted by atomic mass is 32.2. The standard InChI is InChI=1S/C17H24N4O3S/c1-13(2)25(23,24)20-11-9-14(10-12-20)16-18-19(3)17(22)21(16)15-7-5-4-6-8-15/h4-8,13-14H,9-12H2,1-3H3. The lowest BCUT2D eigenvalue weighted by Gasteiger charge is -2.31. The molecular weight excluding hydrogens is 340 g/mol. The van der Waals surface area contributed by atoms with E-state index in [1.165, 1.54) is 4.68 Å². The van der Waals surface area contributed by atoms with E-state index in [9.17, 15) is 13.2 Å². The number of nitrogens with zero attached hydrogens (tertiary/aromatic N) is 4. The zero-order chi connectivity index (χ0) is 18.2. The second-order valence-corrected chi connectivity index (χ2v) is 9.19. The highest BCUT2D eigenvalue weighted by Crippen LogP contribution is 2.29. The van der Waals surface area contributed by atoms with Crippen LogP contribution in [0.3, 0.4) is 0 Å². The lowest BCUT2D eigenvalue weighted by molar-refractivity contribution is 0.309. The third-order valence-corrected chi connectivity index (χ3v) is 7.02. The molecule has 0 spiro atoms. The molecule has 0 N–H and O–H groups in total. The molecule has 1 aliphatic heterocycles. The van der Waals surface area contributed by atoms with Crippen LogP contribution in [-0.4, -0.2) is 45.4 Å². The number of aromatic nitrogens is 3. The van der Waals surface area contributed by atoms with Crippen molar-refractivity contribution < 1.29 is 8.42 Å². The number of rotatable bonds is 4. The first kappa shape index (κ1) is 17.9. The highest BCUT2D eigenvalue weighted by molar-refractivity contribution is 7.89. The molecule has 136 valence electrons. The van der Waals surface area contributed by atoms with Gasteiger partial charge in [0.05, 0.1) is 10.9 Å². The van der Waals surface area contributed by atoms with Gasteiger partial charge in [0.2, 0.25) is 10.0 Å². The summed E-state index contributed by atoms with van der Waals surface area (Å²) in [6.07, 6.45) is 1.32. The maximum absolute atomic E-state index is 12.5. The van der Waals surface area contributed by atoms with Crippen LogP contribution in [0.25, 0.3) is 5.69 Å². The van der Waals surface area contributed by atoms with E-state index in [2.05, 4.69) is 5.10 Å². The molecule has 1 aromatic carbocycles. The van der Waals surface area contributed by atoms with Crippen LogP contribution in [-0.2, 0) is 17.1 Å². The van der Waals surface area contributed by atoms with Crippen molar-refractivity contribution >= 4 is 10.0 Å². The second-order valence-electron chi connectivity index (χ2n) is 6.70. The molecule has 1 saturated heterocycles. The van der Waals surface area contributed by atoms with Crippen molar-refractivity contribution in [2.75, 3.05) is 13.1 Å². The Morgan fingerprint density at radius 3 is 2.28 bits per heavy atom. The van der Waals surface area contributed by atoms with E-state index in [4.69, 9.17) is 0 Å². The summed E-state index contributed by atoms with van der Waals surface area (Å²) in [5, 5.41) is 4.02. The Morgan fingerprint density at radius 1 is 1.12 bits per heavy atom. The maximum atomic E-state index is 12.5. The van der Waals surface area contributed by atoms with Crippen molar-refractivity contribution in [1.29, 1.82) is 0 Å². The molecule has 1 aliphatic rings. The van der Waals surface area contributed by atoms with E-state index < -0.39 is 15.3 Å². The Morgan fingerprint density at radius 2 is 1.72 bits per heavy atom. The molecule has 2 aromatic rings. The van der Waals surface area contributed by atoms with E-state index in [0.29, 0.717) is 31.8 Å². The molecule has 1 fully saturated rings. The average Bonchev–Trinajstić information content (AvgIpc) is 2.91. The first-order valence-corrected chi connectivity index (χ1v) is 10.0. The molecule has 0 radical (unpaired) electrons. The molecule has 0 aliphatic carbocycles. The Kier molecular flexibility index (Phi) is 4.83. The molecule has 2 heterocycles. The zero-order valence-corrected chi connectivity index (χ0v) is 15.6. The van der Waals surface area contributed by atoms with Crippen LogP contribution in [0, 0.1) is 0 Å². The molecule has 3 rings (SSSR count). The summed E-state index contributed by atoms with van der Waals surface area (Å²) in [6.45, 7) is 4.33. The lowest BCUT2D eigenvalue weighted by Crippen LogP contribution is -2.41. The van der Waals surface area contributed by atoms with Gasteiger partial charge >= 0.3 is 5.69 Å². The monoisotopic (exact) mass is 364 g/mol. The van der Waals surface area contributed by atoms with Crippen LogP contribution in [0.4, 0.5) is 0 Å². The number of sulfonamides is 1. The number of hydrogen-bond acceptors (Lipinski definition) is 4. The number of hydrogen-bond donors (Lipinski definition) is 0. The first-order valence-electron chi connectivity index (χ1n) is 8.52. The molecule has 25 heavy (non-hydrogen) atoms. The number of benzene rings is 1. The van der Waals surface area contributed by atoms with Gasteiger partial charge in [0.1, 0.15) is 5.82 Å². The summed E-state index contributed by atoms with van der Waals surface area (Å²) in [7, 11) is -1.59. The van der Waals surface area contributed by atoms with Gasteiger partial charge in [0.15, 0.2) is 0 Å². The Labute approximate surface area is 147 Å². The normalized spacial score (nSPS) is 17.3. The second kappa shape index (κ2) is 6.76. The molecule has 0 bridgehead atoms. The lowest BCUT2D eigenvalue weighted by atomic mass is 9.97. The Bertz CT molecular complexity index is 892. The van der Waals surface area contributed by atoms with Crippen LogP contribution >= 0.6 is 0 Å². The number of piperidine rings is 1. The summed E-state index contributed by atoms with van der Waals surface area (Å²) in [5.74, 6) is 0.771. The van der Waals surface area contributed by atoms with Crippen LogP contribution in [0.2, 0.25) is 0 Å². The minimum atomic E-state index is -3.23. The molecule has 0 amide bonds. The smallest absolute Gasteiger partial charge is 0.247 e. The molecule has 8 heteroatoms. The summed E-state index contributed by atoms with van der Waals surface area (Å²) in [6, 6.07) is 9.43. The van der Waals surface area contributed by atoms with Gasteiger partial charge in [0.25, 0.3) is 0 Å². The van der Waals surface area contributed by atoms with E-state index in [0.717, 1.165) is 5.69 Å². The molecule has 1 aromatic heterocycles. The summed E-state index contributed by atoms with van der Waals surface area (Å²) < 4.78 is 29.2. The van der Waals surface area contributed by atoms with Crippen LogP contribution < -0.4 is 5.69 Å². The third kappa shape index (κ3) is 3.28. The van der Waals surface area contributed by atoms with Crippen molar-refractivity contribution in [3.05, 3.63) is 46.6 Å². The number of para-hydroxylation sites is 1. The fraction of sp³-hybridized carbons (Fsp3) is 0.529. The summed E-state index contributed by atoms with van der Waals surface area (Å²) in [5.41, 5.74) is 0.603. The van der Waals surface area contributed by atoms with Crippen LogP contribution in [0.15, 0.2) is 35.1 Å². The van der Waals surface area contributed by atoms with Crippen molar-refractivity contribution in [3.63, 3.8) is 0 Å². The SMILES string of the molecule is CC(C)S(=O)(=O)N1CCC(c2nn(C)c(=O)n2-c2ccccc2)CC1. The van der Waals surface area contributed by atoms with Crippen LogP contribution in [0.5, 0.6) is 0 Å². The van der Waals surface area contributed by atoms with Gasteiger partial charge in [0, 0.05) is 26.1 Å². The Balaban J connectivity index is 1.88. The van der Waals surface area contributed by atoms with Crippen molar-refractivity contribution in [3.8, 4) is 5.69 Å². The van der Waals surface area contributed by atoms with E-state index in [-0.39, 0.29) is 11.6 Å².